The fraction of sp³-hybridized carbons (Fsp3) is 0.250. The summed E-state index contributed by atoms with van der Waals surface area (Å²) in [4.78, 5) is 8.88. The van der Waals surface area contributed by atoms with Crippen molar-refractivity contribution in [2.75, 3.05) is 18.5 Å². The summed E-state index contributed by atoms with van der Waals surface area (Å²) in [6.45, 7) is 1.36. The van der Waals surface area contributed by atoms with Crippen LogP contribution in [0.25, 0.3) is 27.8 Å². The normalized spacial score (nSPS) is 16.5. The first kappa shape index (κ1) is 20.5. The lowest BCUT2D eigenvalue weighted by Crippen LogP contribution is -2.19. The van der Waals surface area contributed by atoms with E-state index in [0.29, 0.717) is 23.7 Å². The number of anilines is 1. The van der Waals surface area contributed by atoms with Crippen molar-refractivity contribution in [1.29, 1.82) is 0 Å². The molecule has 0 bridgehead atoms. The Bertz CT molecular complexity index is 1230. The van der Waals surface area contributed by atoms with Gasteiger partial charge in [0.2, 0.25) is 0 Å². The van der Waals surface area contributed by atoms with Crippen LogP contribution in [-0.4, -0.2) is 33.8 Å². The number of hydrogen-bond donors (Lipinski definition) is 1. The highest BCUT2D eigenvalue weighted by Crippen LogP contribution is 2.37. The number of alkyl halides is 3. The van der Waals surface area contributed by atoms with Gasteiger partial charge in [0, 0.05) is 30.6 Å². The molecule has 3 heterocycles. The zero-order valence-corrected chi connectivity index (χ0v) is 17.1. The standard InChI is InChI=1S/C24H21F3N4O/c25-24(26,27)17-8-4-9-18(12-17)31-14-20(16-6-2-1-3-7-16)21-22(29-15-30-23(21)31)28-13-19-10-5-11-32-19/h1-4,6-9,12,14-15,19H,5,10-11,13H2,(H,28,29,30)/t19-/m1/s1. The van der Waals surface area contributed by atoms with E-state index < -0.39 is 11.7 Å². The Hall–Kier alpha value is -3.39. The van der Waals surface area contributed by atoms with Gasteiger partial charge in [-0.2, -0.15) is 13.2 Å². The molecule has 0 spiro atoms. The molecular weight excluding hydrogens is 417 g/mol. The molecule has 0 saturated carbocycles. The van der Waals surface area contributed by atoms with E-state index in [-0.39, 0.29) is 6.10 Å². The number of nitrogens with zero attached hydrogens (tertiary/aromatic N) is 3. The first-order valence-corrected chi connectivity index (χ1v) is 10.5. The first-order valence-electron chi connectivity index (χ1n) is 10.5. The number of fused-ring (bicyclic) bond motifs is 1. The fourth-order valence-corrected chi connectivity index (χ4v) is 4.08. The van der Waals surface area contributed by atoms with Crippen LogP contribution in [0.5, 0.6) is 0 Å². The largest absolute Gasteiger partial charge is 0.416 e. The molecule has 1 aliphatic heterocycles. The second-order valence-corrected chi connectivity index (χ2v) is 7.76. The molecule has 4 aromatic rings. The maximum absolute atomic E-state index is 13.3. The smallest absolute Gasteiger partial charge is 0.376 e. The van der Waals surface area contributed by atoms with Crippen molar-refractivity contribution in [3.05, 3.63) is 72.7 Å². The summed E-state index contributed by atoms with van der Waals surface area (Å²) in [7, 11) is 0. The van der Waals surface area contributed by atoms with Gasteiger partial charge < -0.3 is 14.6 Å². The summed E-state index contributed by atoms with van der Waals surface area (Å²) in [5.74, 6) is 0.634. The Morgan fingerprint density at radius 1 is 1.06 bits per heavy atom. The van der Waals surface area contributed by atoms with E-state index in [0.717, 1.165) is 48.1 Å². The van der Waals surface area contributed by atoms with Gasteiger partial charge in [0.15, 0.2) is 5.65 Å². The molecule has 32 heavy (non-hydrogen) atoms. The molecule has 0 radical (unpaired) electrons. The van der Waals surface area contributed by atoms with Crippen LogP contribution in [0.15, 0.2) is 67.1 Å². The third-order valence-corrected chi connectivity index (χ3v) is 5.64. The van der Waals surface area contributed by atoms with E-state index >= 15 is 0 Å². The minimum atomic E-state index is -4.43. The molecule has 1 N–H and O–H groups in total. The average Bonchev–Trinajstić information content (AvgIpc) is 3.46. The average molecular weight is 438 g/mol. The van der Waals surface area contributed by atoms with Gasteiger partial charge in [0.05, 0.1) is 17.1 Å². The van der Waals surface area contributed by atoms with E-state index in [1.165, 1.54) is 12.4 Å². The van der Waals surface area contributed by atoms with E-state index in [4.69, 9.17) is 4.74 Å². The lowest BCUT2D eigenvalue weighted by atomic mass is 10.1. The summed E-state index contributed by atoms with van der Waals surface area (Å²) in [5, 5.41) is 4.13. The van der Waals surface area contributed by atoms with Gasteiger partial charge in [-0.05, 0) is 36.6 Å². The van der Waals surface area contributed by atoms with Gasteiger partial charge in [0.25, 0.3) is 0 Å². The second kappa shape index (κ2) is 8.27. The molecule has 5 nitrogen and oxygen atoms in total. The fourth-order valence-electron chi connectivity index (χ4n) is 4.08. The van der Waals surface area contributed by atoms with Crippen molar-refractivity contribution in [3.8, 4) is 16.8 Å². The van der Waals surface area contributed by atoms with Gasteiger partial charge in [-0.1, -0.05) is 36.4 Å². The molecule has 2 aromatic carbocycles. The molecule has 5 rings (SSSR count). The number of aromatic nitrogens is 3. The Labute approximate surface area is 182 Å². The summed E-state index contributed by atoms with van der Waals surface area (Å²) in [5.41, 5.74) is 1.99. The summed E-state index contributed by atoms with van der Waals surface area (Å²) >= 11 is 0. The van der Waals surface area contributed by atoms with Gasteiger partial charge in [-0.3, -0.25) is 0 Å². The lowest BCUT2D eigenvalue weighted by molar-refractivity contribution is -0.137. The molecule has 2 aromatic heterocycles. The molecule has 1 aliphatic rings. The van der Waals surface area contributed by atoms with E-state index in [9.17, 15) is 13.2 Å². The van der Waals surface area contributed by atoms with Gasteiger partial charge in [-0.15, -0.1) is 0 Å². The Morgan fingerprint density at radius 2 is 1.91 bits per heavy atom. The van der Waals surface area contributed by atoms with Crippen LogP contribution in [0.2, 0.25) is 0 Å². The number of halogens is 3. The number of nitrogens with one attached hydrogen (secondary N) is 1. The number of ether oxygens (including phenoxy) is 1. The van der Waals surface area contributed by atoms with Crippen LogP contribution in [0.3, 0.4) is 0 Å². The molecule has 0 unspecified atom stereocenters. The third-order valence-electron chi connectivity index (χ3n) is 5.64. The van der Waals surface area contributed by atoms with E-state index in [1.54, 1.807) is 10.6 Å². The third kappa shape index (κ3) is 3.93. The van der Waals surface area contributed by atoms with Crippen LogP contribution in [-0.2, 0) is 10.9 Å². The molecule has 1 fully saturated rings. The zero-order chi connectivity index (χ0) is 22.1. The van der Waals surface area contributed by atoms with E-state index in [1.807, 2.05) is 36.5 Å². The van der Waals surface area contributed by atoms with Crippen LogP contribution in [0, 0.1) is 0 Å². The summed E-state index contributed by atoms with van der Waals surface area (Å²) in [6.07, 6.45) is 0.959. The number of rotatable bonds is 5. The van der Waals surface area contributed by atoms with Crippen LogP contribution in [0.4, 0.5) is 19.0 Å². The van der Waals surface area contributed by atoms with Crippen molar-refractivity contribution in [3.63, 3.8) is 0 Å². The predicted molar refractivity (Wildman–Crippen MR) is 117 cm³/mol. The Morgan fingerprint density at radius 3 is 2.66 bits per heavy atom. The first-order chi connectivity index (χ1) is 15.5. The van der Waals surface area contributed by atoms with Crippen molar-refractivity contribution in [2.45, 2.75) is 25.1 Å². The molecule has 8 heteroatoms. The Kier molecular flexibility index (Phi) is 5.30. The van der Waals surface area contributed by atoms with Gasteiger partial charge >= 0.3 is 6.18 Å². The highest BCUT2D eigenvalue weighted by Gasteiger charge is 2.31. The second-order valence-electron chi connectivity index (χ2n) is 7.76. The molecule has 1 atom stereocenters. The number of benzene rings is 2. The topological polar surface area (TPSA) is 52.0 Å². The van der Waals surface area contributed by atoms with Crippen LogP contribution >= 0.6 is 0 Å². The minimum absolute atomic E-state index is 0.116. The van der Waals surface area contributed by atoms with Gasteiger partial charge in [-0.25, -0.2) is 9.97 Å². The van der Waals surface area contributed by atoms with Crippen molar-refractivity contribution < 1.29 is 17.9 Å². The van der Waals surface area contributed by atoms with Crippen LogP contribution in [0.1, 0.15) is 18.4 Å². The van der Waals surface area contributed by atoms with Crippen molar-refractivity contribution >= 4 is 16.9 Å². The van der Waals surface area contributed by atoms with Crippen molar-refractivity contribution in [2.24, 2.45) is 0 Å². The molecule has 1 saturated heterocycles. The van der Waals surface area contributed by atoms with Gasteiger partial charge in [0.1, 0.15) is 12.1 Å². The van der Waals surface area contributed by atoms with Crippen LogP contribution < -0.4 is 5.32 Å². The molecule has 0 aliphatic carbocycles. The molecule has 0 amide bonds. The maximum atomic E-state index is 13.3. The van der Waals surface area contributed by atoms with Crippen molar-refractivity contribution in [1.82, 2.24) is 14.5 Å². The highest BCUT2D eigenvalue weighted by atomic mass is 19.4. The molecule has 164 valence electrons. The van der Waals surface area contributed by atoms with E-state index in [2.05, 4.69) is 15.3 Å². The SMILES string of the molecule is FC(F)(F)c1cccc(-n2cc(-c3ccccc3)c3c(NC[C@H]4CCCO4)ncnc32)c1. The quantitative estimate of drug-likeness (QED) is 0.435. The summed E-state index contributed by atoms with van der Waals surface area (Å²) in [6, 6.07) is 14.9. The predicted octanol–water partition coefficient (Wildman–Crippen LogP) is 5.70. The minimum Gasteiger partial charge on any atom is -0.376 e. The number of hydrogen-bond acceptors (Lipinski definition) is 4. The molecular formula is C24H21F3N4O. The summed E-state index contributed by atoms with van der Waals surface area (Å²) < 4.78 is 47.4. The monoisotopic (exact) mass is 438 g/mol. The lowest BCUT2D eigenvalue weighted by Gasteiger charge is -2.13. The maximum Gasteiger partial charge on any atom is 0.416 e. The highest BCUT2D eigenvalue weighted by molar-refractivity contribution is 6.02. The zero-order valence-electron chi connectivity index (χ0n) is 17.1. The Balaban J connectivity index is 1.65.